The molecule has 1 amide bonds. The van der Waals surface area contributed by atoms with Gasteiger partial charge in [0.1, 0.15) is 11.5 Å². The lowest BCUT2D eigenvalue weighted by molar-refractivity contribution is 0.102. The van der Waals surface area contributed by atoms with Crippen molar-refractivity contribution in [1.29, 1.82) is 0 Å². The average Bonchev–Trinajstić information content (AvgIpc) is 2.47. The van der Waals surface area contributed by atoms with E-state index in [1.54, 1.807) is 18.2 Å². The van der Waals surface area contributed by atoms with Gasteiger partial charge in [-0.05, 0) is 63.1 Å². The van der Waals surface area contributed by atoms with Crippen molar-refractivity contribution in [2.24, 2.45) is 0 Å². The second-order valence-electron chi connectivity index (χ2n) is 5.35. The average molecular weight is 313 g/mol. The van der Waals surface area contributed by atoms with Crippen molar-refractivity contribution in [2.45, 2.75) is 27.7 Å². The van der Waals surface area contributed by atoms with Gasteiger partial charge in [0.25, 0.3) is 5.91 Å². The third-order valence-corrected chi connectivity index (χ3v) is 3.29. The van der Waals surface area contributed by atoms with Crippen molar-refractivity contribution < 1.29 is 14.3 Å². The maximum atomic E-state index is 12.6. The summed E-state index contributed by atoms with van der Waals surface area (Å²) >= 11 is 0. The Labute approximate surface area is 137 Å². The Hall–Kier alpha value is -2.49. The smallest absolute Gasteiger partial charge is 0.259 e. The van der Waals surface area contributed by atoms with Crippen LogP contribution in [-0.4, -0.2) is 19.1 Å². The minimum Gasteiger partial charge on any atom is -0.494 e. The van der Waals surface area contributed by atoms with Crippen LogP contribution in [0.5, 0.6) is 11.5 Å². The molecule has 0 atom stereocenters. The third-order valence-electron chi connectivity index (χ3n) is 3.29. The molecule has 4 heteroatoms. The van der Waals surface area contributed by atoms with Crippen molar-refractivity contribution >= 4 is 11.6 Å². The third kappa shape index (κ3) is 4.49. The zero-order valence-electron chi connectivity index (χ0n) is 14.1. The molecule has 0 bridgehead atoms. The molecule has 23 heavy (non-hydrogen) atoms. The van der Waals surface area contributed by atoms with E-state index in [0.717, 1.165) is 16.8 Å². The Bertz CT molecular complexity index is 675. The standard InChI is InChI=1S/C19H23NO3/c1-5-22-16-7-8-17(18(12-16)23-6-2)19(21)20-15-10-13(3)9-14(4)11-15/h7-12H,5-6H2,1-4H3,(H,20,21). The number of benzene rings is 2. The minimum atomic E-state index is -0.193. The summed E-state index contributed by atoms with van der Waals surface area (Å²) in [5, 5.41) is 2.93. The summed E-state index contributed by atoms with van der Waals surface area (Å²) in [4.78, 5) is 12.6. The maximum Gasteiger partial charge on any atom is 0.259 e. The lowest BCUT2D eigenvalue weighted by Crippen LogP contribution is -2.14. The molecule has 2 aromatic rings. The number of hydrogen-bond acceptors (Lipinski definition) is 3. The largest absolute Gasteiger partial charge is 0.494 e. The summed E-state index contributed by atoms with van der Waals surface area (Å²) in [6, 6.07) is 11.2. The number of carbonyl (C=O) groups is 1. The summed E-state index contributed by atoms with van der Waals surface area (Å²) in [6.07, 6.45) is 0. The van der Waals surface area contributed by atoms with Crippen LogP contribution in [0.25, 0.3) is 0 Å². The van der Waals surface area contributed by atoms with Gasteiger partial charge in [0.15, 0.2) is 0 Å². The van der Waals surface area contributed by atoms with Gasteiger partial charge >= 0.3 is 0 Å². The monoisotopic (exact) mass is 313 g/mol. The molecule has 0 unspecified atom stereocenters. The molecule has 0 radical (unpaired) electrons. The number of nitrogens with one attached hydrogen (secondary N) is 1. The molecule has 0 aromatic heterocycles. The second kappa shape index (κ2) is 7.68. The van der Waals surface area contributed by atoms with Crippen molar-refractivity contribution in [3.8, 4) is 11.5 Å². The van der Waals surface area contributed by atoms with Crippen molar-refractivity contribution in [3.63, 3.8) is 0 Å². The maximum absolute atomic E-state index is 12.6. The molecule has 0 aliphatic carbocycles. The molecule has 2 rings (SSSR count). The van der Waals surface area contributed by atoms with E-state index < -0.39 is 0 Å². The van der Waals surface area contributed by atoms with Crippen LogP contribution in [0.3, 0.4) is 0 Å². The van der Waals surface area contributed by atoms with E-state index in [2.05, 4.69) is 11.4 Å². The van der Waals surface area contributed by atoms with E-state index in [-0.39, 0.29) is 5.91 Å². The van der Waals surface area contributed by atoms with Crippen molar-refractivity contribution in [2.75, 3.05) is 18.5 Å². The Morgan fingerprint density at radius 1 is 0.957 bits per heavy atom. The van der Waals surface area contributed by atoms with E-state index in [4.69, 9.17) is 9.47 Å². The van der Waals surface area contributed by atoms with Gasteiger partial charge in [-0.15, -0.1) is 0 Å². The predicted octanol–water partition coefficient (Wildman–Crippen LogP) is 4.35. The summed E-state index contributed by atoms with van der Waals surface area (Å²) in [5.41, 5.74) is 3.49. The van der Waals surface area contributed by atoms with Crippen LogP contribution in [-0.2, 0) is 0 Å². The highest BCUT2D eigenvalue weighted by atomic mass is 16.5. The zero-order chi connectivity index (χ0) is 16.8. The van der Waals surface area contributed by atoms with Gasteiger partial charge in [0.05, 0.1) is 18.8 Å². The molecule has 0 spiro atoms. The van der Waals surface area contributed by atoms with Gasteiger partial charge in [-0.25, -0.2) is 0 Å². The van der Waals surface area contributed by atoms with Gasteiger partial charge in [-0.1, -0.05) is 6.07 Å². The second-order valence-corrected chi connectivity index (χ2v) is 5.35. The van der Waals surface area contributed by atoms with E-state index in [1.807, 2.05) is 39.8 Å². The Balaban J connectivity index is 2.26. The van der Waals surface area contributed by atoms with E-state index in [0.29, 0.717) is 30.3 Å². The fourth-order valence-electron chi connectivity index (χ4n) is 2.47. The highest BCUT2D eigenvalue weighted by Gasteiger charge is 2.14. The quantitative estimate of drug-likeness (QED) is 0.862. The SMILES string of the molecule is CCOc1ccc(C(=O)Nc2cc(C)cc(C)c2)c(OCC)c1. The zero-order valence-corrected chi connectivity index (χ0v) is 14.1. The van der Waals surface area contributed by atoms with Crippen molar-refractivity contribution in [1.82, 2.24) is 0 Å². The van der Waals surface area contributed by atoms with E-state index >= 15 is 0 Å². The highest BCUT2D eigenvalue weighted by molar-refractivity contribution is 6.06. The number of aryl methyl sites for hydroxylation is 2. The summed E-state index contributed by atoms with van der Waals surface area (Å²) in [7, 11) is 0. The molecule has 1 N–H and O–H groups in total. The molecule has 0 heterocycles. The van der Waals surface area contributed by atoms with E-state index in [9.17, 15) is 4.79 Å². The van der Waals surface area contributed by atoms with Gasteiger partial charge < -0.3 is 14.8 Å². The first kappa shape index (κ1) is 16.9. The van der Waals surface area contributed by atoms with Crippen LogP contribution in [0.4, 0.5) is 5.69 Å². The molecule has 2 aromatic carbocycles. The fraction of sp³-hybridized carbons (Fsp3) is 0.316. The minimum absolute atomic E-state index is 0.193. The number of carbonyl (C=O) groups excluding carboxylic acids is 1. The number of rotatable bonds is 6. The molecule has 0 saturated heterocycles. The first-order valence-electron chi connectivity index (χ1n) is 7.82. The lowest BCUT2D eigenvalue weighted by atomic mass is 10.1. The van der Waals surface area contributed by atoms with Crippen LogP contribution in [0.2, 0.25) is 0 Å². The molecular formula is C19H23NO3. The Kier molecular flexibility index (Phi) is 5.63. The normalized spacial score (nSPS) is 10.3. The predicted molar refractivity (Wildman–Crippen MR) is 92.6 cm³/mol. The molecule has 0 aliphatic rings. The van der Waals surface area contributed by atoms with Gasteiger partial charge in [-0.2, -0.15) is 0 Å². The first-order valence-corrected chi connectivity index (χ1v) is 7.82. The van der Waals surface area contributed by atoms with Gasteiger partial charge in [0.2, 0.25) is 0 Å². The molecule has 0 aliphatic heterocycles. The molecule has 4 nitrogen and oxygen atoms in total. The van der Waals surface area contributed by atoms with Crippen molar-refractivity contribution in [3.05, 3.63) is 53.1 Å². The van der Waals surface area contributed by atoms with Crippen LogP contribution in [0, 0.1) is 13.8 Å². The van der Waals surface area contributed by atoms with Crippen LogP contribution < -0.4 is 14.8 Å². The highest BCUT2D eigenvalue weighted by Crippen LogP contribution is 2.26. The summed E-state index contributed by atoms with van der Waals surface area (Å²) < 4.78 is 11.1. The lowest BCUT2D eigenvalue weighted by Gasteiger charge is -2.13. The first-order chi connectivity index (χ1) is 11.0. The summed E-state index contributed by atoms with van der Waals surface area (Å²) in [5.74, 6) is 1.03. The Morgan fingerprint density at radius 2 is 1.61 bits per heavy atom. The molecular weight excluding hydrogens is 290 g/mol. The fourth-order valence-corrected chi connectivity index (χ4v) is 2.47. The molecule has 0 saturated carbocycles. The van der Waals surface area contributed by atoms with E-state index in [1.165, 1.54) is 0 Å². The molecule has 0 fully saturated rings. The molecule has 122 valence electrons. The van der Waals surface area contributed by atoms with Crippen LogP contribution in [0.1, 0.15) is 35.3 Å². The number of ether oxygens (including phenoxy) is 2. The topological polar surface area (TPSA) is 47.6 Å². The number of anilines is 1. The van der Waals surface area contributed by atoms with Crippen LogP contribution in [0.15, 0.2) is 36.4 Å². The van der Waals surface area contributed by atoms with Crippen LogP contribution >= 0.6 is 0 Å². The summed E-state index contributed by atoms with van der Waals surface area (Å²) in [6.45, 7) is 8.87. The number of amides is 1. The number of hydrogen-bond donors (Lipinski definition) is 1. The Morgan fingerprint density at radius 3 is 2.22 bits per heavy atom. The van der Waals surface area contributed by atoms with Gasteiger partial charge in [-0.3, -0.25) is 4.79 Å². The van der Waals surface area contributed by atoms with Gasteiger partial charge in [0, 0.05) is 11.8 Å².